The quantitative estimate of drug-likeness (QED) is 0.599. The number of nitrogens with zero attached hydrogens (tertiary/aromatic N) is 3. The van der Waals surface area contributed by atoms with Crippen LogP contribution in [0.3, 0.4) is 0 Å². The number of nitrogens with one attached hydrogen (secondary N) is 1. The van der Waals surface area contributed by atoms with Crippen LogP contribution >= 0.6 is 0 Å². The maximum absolute atomic E-state index is 12.0. The molecule has 0 saturated carbocycles. The number of phenols is 2. The number of aromatic nitrogens is 3. The molecular weight excluding hydrogens is 352 g/mol. The lowest BCUT2D eigenvalue weighted by Crippen LogP contribution is -2.13. The molecule has 0 radical (unpaired) electrons. The van der Waals surface area contributed by atoms with Gasteiger partial charge < -0.3 is 19.3 Å². The molecule has 0 aliphatic rings. The third kappa shape index (κ3) is 3.76. The molecule has 27 heavy (non-hydrogen) atoms. The molecule has 1 aromatic carbocycles. The first-order valence-electron chi connectivity index (χ1n) is 8.51. The largest absolute Gasteiger partial charge is 0.508 e. The fourth-order valence-electron chi connectivity index (χ4n) is 2.80. The van der Waals surface area contributed by atoms with Crippen LogP contribution in [-0.2, 0) is 0 Å². The summed E-state index contributed by atoms with van der Waals surface area (Å²) < 4.78 is 9.90. The summed E-state index contributed by atoms with van der Waals surface area (Å²) in [6.07, 6.45) is 1.85. The predicted octanol–water partition coefficient (Wildman–Crippen LogP) is 3.39. The van der Waals surface area contributed by atoms with Crippen LogP contribution in [0.5, 0.6) is 11.5 Å². The first-order chi connectivity index (χ1) is 12.9. The highest BCUT2D eigenvalue weighted by Crippen LogP contribution is 2.39. The predicted molar refractivity (Wildman–Crippen MR) is 94.7 cm³/mol. The van der Waals surface area contributed by atoms with Crippen molar-refractivity contribution in [2.75, 3.05) is 5.32 Å². The van der Waals surface area contributed by atoms with Crippen molar-refractivity contribution in [2.45, 2.75) is 39.0 Å². The van der Waals surface area contributed by atoms with E-state index in [1.165, 1.54) is 18.4 Å². The number of amides is 1. The van der Waals surface area contributed by atoms with Crippen molar-refractivity contribution in [3.8, 4) is 11.5 Å². The number of carbonyl (C=O) groups is 1. The minimum Gasteiger partial charge on any atom is -0.508 e. The normalized spacial score (nSPS) is 12.3. The number of anilines is 1. The molecule has 2 aromatic heterocycles. The van der Waals surface area contributed by atoms with Crippen LogP contribution in [0, 0.1) is 0 Å². The summed E-state index contributed by atoms with van der Waals surface area (Å²) >= 11 is 0. The van der Waals surface area contributed by atoms with Crippen LogP contribution in [0.25, 0.3) is 0 Å². The summed E-state index contributed by atoms with van der Waals surface area (Å²) in [5.41, 5.74) is 1.36. The third-order valence-corrected chi connectivity index (χ3v) is 4.22. The zero-order chi connectivity index (χ0) is 19.6. The molecule has 142 valence electrons. The van der Waals surface area contributed by atoms with Crippen molar-refractivity contribution in [3.63, 3.8) is 0 Å². The van der Waals surface area contributed by atoms with Crippen molar-refractivity contribution in [1.82, 2.24) is 15.3 Å². The van der Waals surface area contributed by atoms with Crippen LogP contribution in [0.2, 0.25) is 0 Å². The molecule has 3 N–H and O–H groups in total. The Morgan fingerprint density at radius 2 is 1.93 bits per heavy atom. The van der Waals surface area contributed by atoms with E-state index in [1.807, 2.05) is 20.8 Å². The van der Waals surface area contributed by atoms with E-state index in [0.29, 0.717) is 17.5 Å². The molecule has 0 saturated heterocycles. The first-order valence-corrected chi connectivity index (χ1v) is 8.51. The first kappa shape index (κ1) is 18.4. The number of benzene rings is 1. The second kappa shape index (κ2) is 7.48. The Bertz CT molecular complexity index is 933. The van der Waals surface area contributed by atoms with Gasteiger partial charge in [-0.2, -0.15) is 4.98 Å². The smallest absolute Gasteiger partial charge is 0.280 e. The van der Waals surface area contributed by atoms with Crippen molar-refractivity contribution >= 4 is 11.9 Å². The summed E-state index contributed by atoms with van der Waals surface area (Å²) in [5.74, 6) is -0.654. The van der Waals surface area contributed by atoms with Gasteiger partial charge in [0.25, 0.3) is 11.9 Å². The lowest BCUT2D eigenvalue weighted by Gasteiger charge is -2.17. The number of aromatic hydroxyl groups is 2. The summed E-state index contributed by atoms with van der Waals surface area (Å²) in [6.45, 7) is 5.80. The lowest BCUT2D eigenvalue weighted by molar-refractivity contribution is 0.101. The van der Waals surface area contributed by atoms with Crippen LogP contribution in [0.1, 0.15) is 66.5 Å². The van der Waals surface area contributed by atoms with Gasteiger partial charge in [0.15, 0.2) is 5.69 Å². The van der Waals surface area contributed by atoms with Gasteiger partial charge in [0.05, 0.1) is 5.92 Å². The van der Waals surface area contributed by atoms with E-state index in [2.05, 4.69) is 25.1 Å². The summed E-state index contributed by atoms with van der Waals surface area (Å²) in [6, 6.07) is 4.46. The SMILES string of the molecule is CCC(c1nc(NC(=O)c2ccon2)no1)c1cc(C(C)C)c(O)cc1O. The highest BCUT2D eigenvalue weighted by Gasteiger charge is 2.25. The Hall–Kier alpha value is -3.36. The molecule has 9 heteroatoms. The fourth-order valence-corrected chi connectivity index (χ4v) is 2.80. The van der Waals surface area contributed by atoms with E-state index in [9.17, 15) is 15.0 Å². The molecule has 0 aliphatic heterocycles. The molecule has 0 aliphatic carbocycles. The van der Waals surface area contributed by atoms with Gasteiger partial charge in [0.2, 0.25) is 5.89 Å². The molecule has 3 aromatic rings. The second-order valence-electron chi connectivity index (χ2n) is 6.38. The minimum absolute atomic E-state index is 0.0150. The van der Waals surface area contributed by atoms with Crippen molar-refractivity contribution in [3.05, 3.63) is 47.2 Å². The molecule has 0 fully saturated rings. The van der Waals surface area contributed by atoms with Gasteiger partial charge in [0, 0.05) is 17.7 Å². The molecule has 0 bridgehead atoms. The molecule has 1 unspecified atom stereocenters. The van der Waals surface area contributed by atoms with Crippen molar-refractivity contribution in [2.24, 2.45) is 0 Å². The standard InChI is InChI=1S/C18H20N4O5/c1-4-10(12-7-11(9(2)3)14(23)8-15(12)24)17-20-18(22-27-17)19-16(25)13-5-6-26-21-13/h5-10,23-24H,4H2,1-3H3,(H,19,22,25). The molecule has 0 spiro atoms. The maximum Gasteiger partial charge on any atom is 0.280 e. The summed E-state index contributed by atoms with van der Waals surface area (Å²) in [4.78, 5) is 16.2. The van der Waals surface area contributed by atoms with Crippen LogP contribution in [0.4, 0.5) is 5.95 Å². The Balaban J connectivity index is 1.88. The average molecular weight is 372 g/mol. The average Bonchev–Trinajstić information content (AvgIpc) is 3.29. The van der Waals surface area contributed by atoms with Crippen molar-refractivity contribution < 1.29 is 24.1 Å². The van der Waals surface area contributed by atoms with Gasteiger partial charge in [-0.15, -0.1) is 0 Å². The number of hydrogen-bond donors (Lipinski definition) is 3. The molecule has 1 atom stereocenters. The molecule has 3 rings (SSSR count). The Morgan fingerprint density at radius 3 is 2.56 bits per heavy atom. The zero-order valence-corrected chi connectivity index (χ0v) is 15.1. The van der Waals surface area contributed by atoms with E-state index in [0.717, 1.165) is 0 Å². The highest BCUT2D eigenvalue weighted by atomic mass is 16.5. The number of hydrogen-bond acceptors (Lipinski definition) is 8. The number of phenolic OH excluding ortho intramolecular Hbond substituents is 2. The number of rotatable bonds is 6. The van der Waals surface area contributed by atoms with Gasteiger partial charge in [-0.05, 0) is 29.1 Å². The zero-order valence-electron chi connectivity index (χ0n) is 15.1. The van der Waals surface area contributed by atoms with E-state index in [1.54, 1.807) is 6.07 Å². The lowest BCUT2D eigenvalue weighted by atomic mass is 9.90. The third-order valence-electron chi connectivity index (χ3n) is 4.22. The molecule has 2 heterocycles. The van der Waals surface area contributed by atoms with E-state index < -0.39 is 11.8 Å². The fraction of sp³-hybridized carbons (Fsp3) is 0.333. The van der Waals surface area contributed by atoms with E-state index in [-0.39, 0.29) is 34.9 Å². The minimum atomic E-state index is -0.529. The van der Waals surface area contributed by atoms with Gasteiger partial charge in [-0.1, -0.05) is 25.9 Å². The van der Waals surface area contributed by atoms with Crippen molar-refractivity contribution in [1.29, 1.82) is 0 Å². The molecule has 9 nitrogen and oxygen atoms in total. The molecule has 1 amide bonds. The summed E-state index contributed by atoms with van der Waals surface area (Å²) in [5, 5.41) is 30.1. The van der Waals surface area contributed by atoms with Gasteiger partial charge in [-0.3, -0.25) is 10.1 Å². The monoisotopic (exact) mass is 372 g/mol. The Kier molecular flexibility index (Phi) is 5.11. The van der Waals surface area contributed by atoms with Gasteiger partial charge in [0.1, 0.15) is 17.8 Å². The maximum atomic E-state index is 12.0. The summed E-state index contributed by atoms with van der Waals surface area (Å²) in [7, 11) is 0. The van der Waals surface area contributed by atoms with Crippen LogP contribution in [-0.4, -0.2) is 31.4 Å². The topological polar surface area (TPSA) is 135 Å². The van der Waals surface area contributed by atoms with Gasteiger partial charge >= 0.3 is 0 Å². The second-order valence-corrected chi connectivity index (χ2v) is 6.38. The van der Waals surface area contributed by atoms with Crippen LogP contribution in [0.15, 0.2) is 33.5 Å². The van der Waals surface area contributed by atoms with Crippen LogP contribution < -0.4 is 5.32 Å². The molecular formula is C18H20N4O5. The Labute approximate surface area is 155 Å². The number of carbonyl (C=O) groups excluding carboxylic acids is 1. The van der Waals surface area contributed by atoms with E-state index in [4.69, 9.17) is 4.52 Å². The Morgan fingerprint density at radius 1 is 1.19 bits per heavy atom. The van der Waals surface area contributed by atoms with Gasteiger partial charge in [-0.25, -0.2) is 0 Å². The highest BCUT2D eigenvalue weighted by molar-refractivity contribution is 6.01. The van der Waals surface area contributed by atoms with E-state index >= 15 is 0 Å².